The highest BCUT2D eigenvalue weighted by atomic mass is 16.3. The summed E-state index contributed by atoms with van der Waals surface area (Å²) in [6.07, 6.45) is 2.49. The third kappa shape index (κ3) is 3.17. The van der Waals surface area contributed by atoms with Crippen LogP contribution >= 0.6 is 0 Å². The van der Waals surface area contributed by atoms with Crippen LogP contribution < -0.4 is 0 Å². The Morgan fingerprint density at radius 2 is 1.96 bits per heavy atom. The molecule has 1 aromatic carbocycles. The molecule has 2 heterocycles. The van der Waals surface area contributed by atoms with Gasteiger partial charge in [0.25, 0.3) is 0 Å². The Balaban J connectivity index is 1.65. The minimum absolute atomic E-state index is 0.0914. The lowest BCUT2D eigenvalue weighted by molar-refractivity contribution is -0.146. The van der Waals surface area contributed by atoms with E-state index in [0.717, 1.165) is 11.3 Å². The zero-order valence-corrected chi connectivity index (χ0v) is 14.3. The Labute approximate surface area is 141 Å². The van der Waals surface area contributed by atoms with Crippen LogP contribution in [0.3, 0.4) is 0 Å². The van der Waals surface area contributed by atoms with E-state index in [0.29, 0.717) is 25.9 Å². The number of aliphatic hydroxyl groups is 1. The molecule has 1 N–H and O–H groups in total. The lowest BCUT2D eigenvalue weighted by atomic mass is 9.71. The fraction of sp³-hybridized carbons (Fsp3) is 0.529. The van der Waals surface area contributed by atoms with Crippen molar-refractivity contribution in [1.82, 2.24) is 25.1 Å². The second-order valence-electron chi connectivity index (χ2n) is 7.32. The molecule has 0 aliphatic carbocycles. The van der Waals surface area contributed by atoms with E-state index in [-0.39, 0.29) is 11.3 Å². The van der Waals surface area contributed by atoms with Gasteiger partial charge < -0.3 is 10.0 Å². The van der Waals surface area contributed by atoms with Gasteiger partial charge in [0.15, 0.2) is 0 Å². The quantitative estimate of drug-likeness (QED) is 0.915. The summed E-state index contributed by atoms with van der Waals surface area (Å²) >= 11 is 0. The van der Waals surface area contributed by atoms with Crippen molar-refractivity contribution in [2.45, 2.75) is 39.2 Å². The van der Waals surface area contributed by atoms with Gasteiger partial charge in [0.2, 0.25) is 5.91 Å². The third-order valence-corrected chi connectivity index (χ3v) is 5.17. The first-order valence-corrected chi connectivity index (χ1v) is 8.11. The number of benzene rings is 1. The van der Waals surface area contributed by atoms with Crippen molar-refractivity contribution < 1.29 is 9.90 Å². The fourth-order valence-corrected chi connectivity index (χ4v) is 2.96. The summed E-state index contributed by atoms with van der Waals surface area (Å²) in [5.41, 5.74) is 0.751. The number of amides is 1. The molecule has 7 heteroatoms. The Morgan fingerprint density at radius 1 is 1.25 bits per heavy atom. The first kappa shape index (κ1) is 16.6. The van der Waals surface area contributed by atoms with Gasteiger partial charge in [-0.05, 0) is 41.5 Å². The minimum atomic E-state index is -0.739. The van der Waals surface area contributed by atoms with E-state index in [2.05, 4.69) is 15.5 Å². The van der Waals surface area contributed by atoms with E-state index in [1.807, 2.05) is 49.9 Å². The third-order valence-electron chi connectivity index (χ3n) is 5.17. The molecule has 0 saturated carbocycles. The van der Waals surface area contributed by atoms with Crippen LogP contribution in [-0.2, 0) is 11.2 Å². The van der Waals surface area contributed by atoms with Gasteiger partial charge in [-0.25, -0.2) is 4.68 Å². The summed E-state index contributed by atoms with van der Waals surface area (Å²) in [7, 11) is 0. The summed E-state index contributed by atoms with van der Waals surface area (Å²) in [5, 5.41) is 21.5. The van der Waals surface area contributed by atoms with Crippen molar-refractivity contribution in [2.24, 2.45) is 5.41 Å². The number of aromatic nitrogens is 4. The van der Waals surface area contributed by atoms with Gasteiger partial charge in [-0.3, -0.25) is 4.79 Å². The van der Waals surface area contributed by atoms with Crippen molar-refractivity contribution in [3.63, 3.8) is 0 Å². The van der Waals surface area contributed by atoms with Crippen molar-refractivity contribution in [3.8, 4) is 5.69 Å². The molecule has 1 aromatic heterocycles. The van der Waals surface area contributed by atoms with Crippen LogP contribution in [0.4, 0.5) is 0 Å². The van der Waals surface area contributed by atoms with Crippen molar-refractivity contribution in [1.29, 1.82) is 0 Å². The van der Waals surface area contributed by atoms with Gasteiger partial charge in [-0.2, -0.15) is 0 Å². The van der Waals surface area contributed by atoms with Crippen LogP contribution in [-0.4, -0.2) is 54.8 Å². The Bertz CT molecular complexity index is 707. The molecule has 1 aliphatic rings. The molecule has 2 aromatic rings. The summed E-state index contributed by atoms with van der Waals surface area (Å²) in [6.45, 7) is 7.03. The molecule has 3 rings (SSSR count). The van der Waals surface area contributed by atoms with Crippen LogP contribution in [0.5, 0.6) is 0 Å². The van der Waals surface area contributed by atoms with Gasteiger partial charge in [0, 0.05) is 18.5 Å². The standard InChI is InChI=1S/C17H23N5O2/c1-16(2)11-21(9-8-17(16,3)24)15(23)10-13-4-6-14(7-5-13)22-12-18-19-20-22/h4-7,12,24H,8-11H2,1-3H3/t17-/m0/s1. The highest BCUT2D eigenvalue weighted by Gasteiger charge is 2.44. The van der Waals surface area contributed by atoms with Crippen LogP contribution in [0.1, 0.15) is 32.8 Å². The van der Waals surface area contributed by atoms with Gasteiger partial charge in [-0.1, -0.05) is 26.0 Å². The average Bonchev–Trinajstić information content (AvgIpc) is 3.05. The maximum absolute atomic E-state index is 12.6. The normalized spacial score (nSPS) is 23.2. The predicted molar refractivity (Wildman–Crippen MR) is 88.5 cm³/mol. The predicted octanol–water partition coefficient (Wildman–Crippen LogP) is 1.21. The molecule has 7 nitrogen and oxygen atoms in total. The number of rotatable bonds is 3. The van der Waals surface area contributed by atoms with E-state index >= 15 is 0 Å². The molecule has 128 valence electrons. The molecule has 24 heavy (non-hydrogen) atoms. The van der Waals surface area contributed by atoms with E-state index in [4.69, 9.17) is 0 Å². The molecule has 1 atom stereocenters. The second-order valence-corrected chi connectivity index (χ2v) is 7.32. The lowest BCUT2D eigenvalue weighted by Gasteiger charge is -2.48. The van der Waals surface area contributed by atoms with Crippen LogP contribution in [0.15, 0.2) is 30.6 Å². The van der Waals surface area contributed by atoms with E-state index in [9.17, 15) is 9.90 Å². The highest BCUT2D eigenvalue weighted by molar-refractivity contribution is 5.79. The number of piperidine rings is 1. The van der Waals surface area contributed by atoms with E-state index in [1.54, 1.807) is 4.68 Å². The Morgan fingerprint density at radius 3 is 2.54 bits per heavy atom. The fourth-order valence-electron chi connectivity index (χ4n) is 2.96. The summed E-state index contributed by atoms with van der Waals surface area (Å²) < 4.78 is 1.57. The Hall–Kier alpha value is -2.28. The maximum Gasteiger partial charge on any atom is 0.227 e. The summed E-state index contributed by atoms with van der Waals surface area (Å²) in [6, 6.07) is 7.62. The molecule has 0 unspecified atom stereocenters. The Kier molecular flexibility index (Phi) is 4.13. The van der Waals surface area contributed by atoms with Gasteiger partial charge >= 0.3 is 0 Å². The lowest BCUT2D eigenvalue weighted by Crippen LogP contribution is -2.57. The molecule has 1 aliphatic heterocycles. The molecule has 0 spiro atoms. The van der Waals surface area contributed by atoms with Crippen molar-refractivity contribution >= 4 is 5.91 Å². The smallest absolute Gasteiger partial charge is 0.227 e. The minimum Gasteiger partial charge on any atom is -0.389 e. The van der Waals surface area contributed by atoms with Gasteiger partial charge in [0.1, 0.15) is 6.33 Å². The van der Waals surface area contributed by atoms with Crippen LogP contribution in [0, 0.1) is 5.41 Å². The molecule has 1 saturated heterocycles. The number of carbonyl (C=O) groups excluding carboxylic acids is 1. The van der Waals surface area contributed by atoms with Crippen LogP contribution in [0.25, 0.3) is 5.69 Å². The number of hydrogen-bond donors (Lipinski definition) is 1. The topological polar surface area (TPSA) is 84.1 Å². The van der Waals surface area contributed by atoms with Crippen molar-refractivity contribution in [2.75, 3.05) is 13.1 Å². The molecular formula is C17H23N5O2. The first-order valence-electron chi connectivity index (χ1n) is 8.11. The molecular weight excluding hydrogens is 306 g/mol. The zero-order chi connectivity index (χ0) is 17.4. The summed E-state index contributed by atoms with van der Waals surface area (Å²) in [5.74, 6) is 0.0914. The van der Waals surface area contributed by atoms with Gasteiger partial charge in [0.05, 0.1) is 17.7 Å². The van der Waals surface area contributed by atoms with Gasteiger partial charge in [-0.15, -0.1) is 5.10 Å². The number of tetrazole rings is 1. The number of likely N-dealkylation sites (tertiary alicyclic amines) is 1. The molecule has 1 amide bonds. The molecule has 1 fully saturated rings. The summed E-state index contributed by atoms with van der Waals surface area (Å²) in [4.78, 5) is 14.4. The average molecular weight is 329 g/mol. The number of carbonyl (C=O) groups is 1. The zero-order valence-electron chi connectivity index (χ0n) is 14.3. The van der Waals surface area contributed by atoms with Crippen LogP contribution in [0.2, 0.25) is 0 Å². The molecule has 0 bridgehead atoms. The highest BCUT2D eigenvalue weighted by Crippen LogP contribution is 2.38. The van der Waals surface area contributed by atoms with E-state index in [1.165, 1.54) is 6.33 Å². The number of nitrogens with zero attached hydrogens (tertiary/aromatic N) is 5. The number of hydrogen-bond acceptors (Lipinski definition) is 5. The van der Waals surface area contributed by atoms with Crippen molar-refractivity contribution in [3.05, 3.63) is 36.2 Å². The van der Waals surface area contributed by atoms with E-state index < -0.39 is 5.60 Å². The maximum atomic E-state index is 12.6. The molecule has 0 radical (unpaired) electrons. The SMILES string of the molecule is CC1(C)CN(C(=O)Cc2ccc(-n3cnnn3)cc2)CC[C@]1(C)O. The first-order chi connectivity index (χ1) is 11.3. The second kappa shape index (κ2) is 5.98. The largest absolute Gasteiger partial charge is 0.389 e. The monoisotopic (exact) mass is 329 g/mol.